The molecule has 2 rings (SSSR count). The van der Waals surface area contributed by atoms with Crippen molar-refractivity contribution < 1.29 is 7.65 Å². The highest BCUT2D eigenvalue weighted by Crippen LogP contribution is 2.55. The second-order valence-corrected chi connectivity index (χ2v) is 4.57. The van der Waals surface area contributed by atoms with Crippen LogP contribution in [0.4, 0.5) is 0 Å². The second-order valence-electron chi connectivity index (χ2n) is 4.57. The second kappa shape index (κ2) is 2.48. The average molecular weight is 171 g/mol. The summed E-state index contributed by atoms with van der Waals surface area (Å²) in [6.07, 6.45) is 0. The van der Waals surface area contributed by atoms with Crippen LogP contribution in [0.5, 0.6) is 0 Å². The quantitative estimate of drug-likeness (QED) is 0.589. The molecule has 0 bridgehead atoms. The van der Waals surface area contributed by atoms with Gasteiger partial charge in [0.25, 0.3) is 0 Å². The van der Waals surface area contributed by atoms with Crippen molar-refractivity contribution in [1.29, 1.82) is 0 Å². The fraction of sp³-hybridized carbons (Fsp3) is 0.900. The van der Waals surface area contributed by atoms with Gasteiger partial charge in [-0.1, -0.05) is 13.8 Å². The number of piperidine rings is 1. The van der Waals surface area contributed by atoms with Crippen molar-refractivity contribution in [2.45, 2.75) is 20.8 Å². The van der Waals surface area contributed by atoms with E-state index in [1.165, 1.54) is 0 Å². The van der Waals surface area contributed by atoms with Gasteiger partial charge in [0.1, 0.15) is 0 Å². The number of rotatable bonds is 1. The van der Waals surface area contributed by atoms with E-state index >= 15 is 0 Å². The van der Waals surface area contributed by atoms with Gasteiger partial charge < -0.3 is 4.90 Å². The molecular weight excluding hydrogens is 150 g/mol. The van der Waals surface area contributed by atoms with Gasteiger partial charge in [-0.05, 0) is 23.7 Å². The zero-order valence-corrected chi connectivity index (χ0v) is 8.08. The largest absolute Gasteiger partial charge is 0.342 e. The molecule has 0 radical (unpaired) electrons. The molecule has 0 spiro atoms. The van der Waals surface area contributed by atoms with E-state index < -0.39 is 0 Å². The van der Waals surface area contributed by atoms with E-state index in [9.17, 15) is 4.79 Å². The lowest BCUT2D eigenvalue weighted by Crippen LogP contribution is -2.29. The van der Waals surface area contributed by atoms with Gasteiger partial charge in [0.2, 0.25) is 5.91 Å². The maximum atomic E-state index is 11.0. The Labute approximate surface area is 76.9 Å². The summed E-state index contributed by atoms with van der Waals surface area (Å²) < 4.78 is 0. The Kier molecular flexibility index (Phi) is 1.67. The van der Waals surface area contributed by atoms with Gasteiger partial charge in [0, 0.05) is 22.9 Å². The molecule has 2 heteroatoms. The molecule has 0 aromatic heterocycles. The van der Waals surface area contributed by atoms with Crippen LogP contribution in [0.2, 0.25) is 0 Å². The van der Waals surface area contributed by atoms with Crippen LogP contribution < -0.4 is 0 Å². The predicted molar refractivity (Wildman–Crippen MR) is 51.8 cm³/mol. The molecule has 2 aliphatic rings. The molecule has 0 aromatic rings. The number of carbonyl (C=O) groups excluding carboxylic acids is 1. The number of hydrogen-bond donors (Lipinski definition) is 0. The van der Waals surface area contributed by atoms with Crippen LogP contribution >= 0.6 is 0 Å². The minimum atomic E-state index is 0. The van der Waals surface area contributed by atoms with E-state index in [2.05, 4.69) is 13.8 Å². The van der Waals surface area contributed by atoms with E-state index in [0.29, 0.717) is 0 Å². The van der Waals surface area contributed by atoms with Gasteiger partial charge in [-0.2, -0.15) is 0 Å². The summed E-state index contributed by atoms with van der Waals surface area (Å²) in [5.74, 6) is 3.67. The first-order valence-corrected chi connectivity index (χ1v) is 4.86. The van der Waals surface area contributed by atoms with E-state index in [0.717, 1.165) is 36.8 Å². The van der Waals surface area contributed by atoms with E-state index in [4.69, 9.17) is 0 Å². The summed E-state index contributed by atoms with van der Waals surface area (Å²) >= 11 is 0. The molecule has 1 heterocycles. The van der Waals surface area contributed by atoms with Gasteiger partial charge in [-0.3, -0.25) is 4.79 Å². The van der Waals surface area contributed by atoms with Crippen molar-refractivity contribution in [3.8, 4) is 0 Å². The first kappa shape index (κ1) is 8.09. The van der Waals surface area contributed by atoms with Crippen LogP contribution in [0.25, 0.3) is 0 Å². The van der Waals surface area contributed by atoms with Crippen molar-refractivity contribution in [3.05, 3.63) is 0 Å². The molecule has 2 fully saturated rings. The fourth-order valence-electron chi connectivity index (χ4n) is 2.82. The number of hydrogen-bond acceptors (Lipinski definition) is 1. The normalized spacial score (nSPS) is 38.7. The molecule has 2 nitrogen and oxygen atoms in total. The zero-order valence-electron chi connectivity index (χ0n) is 8.08. The Morgan fingerprint density at radius 1 is 1.42 bits per heavy atom. The van der Waals surface area contributed by atoms with E-state index in [1.807, 2.05) is 4.90 Å². The van der Waals surface area contributed by atoms with E-state index in [-0.39, 0.29) is 8.76 Å². The molecule has 1 saturated carbocycles. The molecule has 0 N–H and O–H groups in total. The van der Waals surface area contributed by atoms with Gasteiger partial charge in [-0.25, -0.2) is 0 Å². The van der Waals surface area contributed by atoms with Crippen molar-refractivity contribution in [2.75, 3.05) is 13.1 Å². The highest BCUT2D eigenvalue weighted by atomic mass is 16.2. The van der Waals surface area contributed by atoms with E-state index in [1.54, 1.807) is 6.92 Å². The smallest absolute Gasteiger partial charge is 0.219 e. The highest BCUT2D eigenvalue weighted by Gasteiger charge is 2.56. The topological polar surface area (TPSA) is 20.3 Å². The molecule has 12 heavy (non-hydrogen) atoms. The monoisotopic (exact) mass is 171 g/mol. The lowest BCUT2D eigenvalue weighted by atomic mass is 10.0. The van der Waals surface area contributed by atoms with Crippen molar-refractivity contribution >= 4 is 5.91 Å². The molecule has 1 amide bonds. The summed E-state index contributed by atoms with van der Waals surface area (Å²) in [5, 5.41) is 0. The zero-order chi connectivity index (χ0) is 8.88. The molecule has 0 aromatic carbocycles. The molecule has 2 unspecified atom stereocenters. The maximum Gasteiger partial charge on any atom is 0.219 e. The number of nitrogens with zero attached hydrogens (tertiary/aromatic N) is 1. The Bertz CT molecular complexity index is 208. The predicted octanol–water partition coefficient (Wildman–Crippen LogP) is 1.86. The average Bonchev–Trinajstić information content (AvgIpc) is 2.48. The van der Waals surface area contributed by atoms with Crippen LogP contribution in [-0.4, -0.2) is 23.9 Å². The molecular formula is C10H21NO. The minimum absolute atomic E-state index is 0. The molecule has 1 aliphatic heterocycles. The third-order valence-corrected chi connectivity index (χ3v) is 3.48. The first-order valence-electron chi connectivity index (χ1n) is 4.86. The Balaban J connectivity index is 0.000000845. The first-order chi connectivity index (χ1) is 5.61. The van der Waals surface area contributed by atoms with Gasteiger partial charge >= 0.3 is 0 Å². The fourth-order valence-corrected chi connectivity index (χ4v) is 2.82. The third kappa shape index (κ3) is 1.05. The van der Waals surface area contributed by atoms with Crippen LogP contribution in [0, 0.1) is 23.7 Å². The standard InChI is InChI=1S/C10H17NO.2H2/c1-6(2)10-8-4-11(7(3)12)5-9(8)10;;/h6,8-10H,4-5H2,1-3H3;2*1H. The lowest BCUT2D eigenvalue weighted by molar-refractivity contribution is -0.128. The van der Waals surface area contributed by atoms with Gasteiger partial charge in [0.15, 0.2) is 0 Å². The molecule has 72 valence electrons. The van der Waals surface area contributed by atoms with Gasteiger partial charge in [0.05, 0.1) is 0 Å². The Hall–Kier alpha value is -0.530. The number of fused-ring (bicyclic) bond motifs is 1. The minimum Gasteiger partial charge on any atom is -0.342 e. The summed E-state index contributed by atoms with van der Waals surface area (Å²) in [5.41, 5.74) is 0. The van der Waals surface area contributed by atoms with Crippen molar-refractivity contribution in [1.82, 2.24) is 4.90 Å². The van der Waals surface area contributed by atoms with Gasteiger partial charge in [-0.15, -0.1) is 0 Å². The van der Waals surface area contributed by atoms with Crippen molar-refractivity contribution in [2.24, 2.45) is 23.7 Å². The number of carbonyl (C=O) groups is 1. The number of amides is 1. The molecule has 1 saturated heterocycles. The highest BCUT2D eigenvalue weighted by molar-refractivity contribution is 5.73. The Morgan fingerprint density at radius 2 is 1.92 bits per heavy atom. The summed E-state index contributed by atoms with van der Waals surface area (Å²) in [6, 6.07) is 0. The summed E-state index contributed by atoms with van der Waals surface area (Å²) in [4.78, 5) is 13.0. The summed E-state index contributed by atoms with van der Waals surface area (Å²) in [7, 11) is 0. The van der Waals surface area contributed by atoms with Crippen LogP contribution in [0.1, 0.15) is 23.6 Å². The molecule has 2 atom stereocenters. The van der Waals surface area contributed by atoms with Crippen molar-refractivity contribution in [3.63, 3.8) is 0 Å². The lowest BCUT2D eigenvalue weighted by Gasteiger charge is -2.18. The number of likely N-dealkylation sites (tertiary alicyclic amines) is 1. The third-order valence-electron chi connectivity index (χ3n) is 3.48. The SMILES string of the molecule is CC(=O)N1CC2C(C1)C2C(C)C.[HH].[HH]. The van der Waals surface area contributed by atoms with Crippen LogP contribution in [0.15, 0.2) is 0 Å². The molecule has 1 aliphatic carbocycles. The van der Waals surface area contributed by atoms with Crippen LogP contribution in [0.3, 0.4) is 0 Å². The Morgan fingerprint density at radius 3 is 2.25 bits per heavy atom. The maximum absolute atomic E-state index is 11.0. The van der Waals surface area contributed by atoms with Crippen LogP contribution in [-0.2, 0) is 4.79 Å². The summed E-state index contributed by atoms with van der Waals surface area (Å²) in [6.45, 7) is 8.32.